The number of carboxylic acid groups (broad SMARTS) is 1. The molecule has 9 heteroatoms. The third-order valence-corrected chi connectivity index (χ3v) is 9.41. The predicted molar refractivity (Wildman–Crippen MR) is 170 cm³/mol. The second kappa shape index (κ2) is 10.7. The van der Waals surface area contributed by atoms with Crippen molar-refractivity contribution in [3.63, 3.8) is 0 Å². The van der Waals surface area contributed by atoms with Gasteiger partial charge in [-0.15, -0.1) is 0 Å². The average molecular weight is 591 g/mol. The lowest BCUT2D eigenvalue weighted by molar-refractivity contribution is -0.146. The number of carbonyl (C=O) groups excluding carboxylic acids is 2. The van der Waals surface area contributed by atoms with Gasteiger partial charge in [-0.2, -0.15) is 0 Å². The summed E-state index contributed by atoms with van der Waals surface area (Å²) in [7, 11) is 1.25. The van der Waals surface area contributed by atoms with Gasteiger partial charge >= 0.3 is 11.9 Å². The largest absolute Gasteiger partial charge is 0.481 e. The first kappa shape index (κ1) is 29.3. The second-order valence-corrected chi connectivity index (χ2v) is 11.7. The van der Waals surface area contributed by atoms with Gasteiger partial charge in [-0.05, 0) is 74.1 Å². The molecule has 44 heavy (non-hydrogen) atoms. The minimum atomic E-state index is -1.23. The number of carbonyl (C=O) groups is 3. The Bertz CT molecular complexity index is 1850. The molecule has 0 radical (unpaired) electrons. The van der Waals surface area contributed by atoms with Crippen LogP contribution in [0, 0.1) is 17.8 Å². The maximum absolute atomic E-state index is 14.0. The van der Waals surface area contributed by atoms with Crippen molar-refractivity contribution in [2.24, 2.45) is 37.7 Å². The van der Waals surface area contributed by atoms with E-state index in [1.165, 1.54) is 7.11 Å². The SMILES string of the molecule is C=CC1=C(C)C2=CC3=NC(=C4C5=NC(=CC6=NC(=CC1=N2)C(C)=C6CC)C(C)=C5C(=O)[C@@H]4C(=O)OC)[C@@H](CCC(=O)O)[C@@H]3C. The van der Waals surface area contributed by atoms with Gasteiger partial charge in [0.15, 0.2) is 5.78 Å². The number of methoxy groups -OCH3 is 1. The number of hydrogen-bond acceptors (Lipinski definition) is 8. The molecule has 0 saturated heterocycles. The number of nitrogens with zero attached hydrogens (tertiary/aromatic N) is 4. The molecular weight excluding hydrogens is 556 g/mol. The van der Waals surface area contributed by atoms with E-state index in [1.54, 1.807) is 6.08 Å². The normalized spacial score (nSPS) is 25.6. The van der Waals surface area contributed by atoms with Crippen molar-refractivity contribution in [1.29, 1.82) is 0 Å². The smallest absolute Gasteiger partial charge is 0.321 e. The van der Waals surface area contributed by atoms with Crippen molar-refractivity contribution < 1.29 is 24.2 Å². The lowest BCUT2D eigenvalue weighted by Crippen LogP contribution is -2.25. The van der Waals surface area contributed by atoms with Crippen molar-refractivity contribution in [3.8, 4) is 0 Å². The van der Waals surface area contributed by atoms with Crippen LogP contribution in [0.15, 0.2) is 113 Å². The Kier molecular flexibility index (Phi) is 7.14. The lowest BCUT2D eigenvalue weighted by Gasteiger charge is -2.19. The van der Waals surface area contributed by atoms with Gasteiger partial charge in [0.1, 0.15) is 5.92 Å². The monoisotopic (exact) mass is 590 g/mol. The number of hydrogen-bond donors (Lipinski definition) is 1. The summed E-state index contributed by atoms with van der Waals surface area (Å²) < 4.78 is 5.11. The van der Waals surface area contributed by atoms with Crippen LogP contribution < -0.4 is 0 Å². The Balaban J connectivity index is 1.69. The van der Waals surface area contributed by atoms with Crippen molar-refractivity contribution in [1.82, 2.24) is 0 Å². The highest BCUT2D eigenvalue weighted by Crippen LogP contribution is 2.47. The zero-order chi connectivity index (χ0) is 31.6. The Hall–Kier alpha value is -4.79. The summed E-state index contributed by atoms with van der Waals surface area (Å²) >= 11 is 0. The summed E-state index contributed by atoms with van der Waals surface area (Å²) in [6, 6.07) is 0. The Morgan fingerprint density at radius 1 is 0.977 bits per heavy atom. The van der Waals surface area contributed by atoms with Gasteiger partial charge in [-0.25, -0.2) is 15.0 Å². The van der Waals surface area contributed by atoms with Gasteiger partial charge in [0.05, 0.1) is 47.0 Å². The first-order chi connectivity index (χ1) is 21.0. The molecule has 5 aliphatic heterocycles. The molecule has 0 spiro atoms. The summed E-state index contributed by atoms with van der Waals surface area (Å²) in [5.74, 6) is -3.82. The van der Waals surface area contributed by atoms with Gasteiger partial charge < -0.3 is 9.84 Å². The number of rotatable bonds is 6. The minimum absolute atomic E-state index is 0.0952. The summed E-state index contributed by atoms with van der Waals surface area (Å²) in [6.07, 6.45) is 8.51. The summed E-state index contributed by atoms with van der Waals surface area (Å²) in [5, 5.41) is 9.59. The number of carboxylic acids is 1. The van der Waals surface area contributed by atoms with Crippen molar-refractivity contribution in [2.45, 2.75) is 53.9 Å². The first-order valence-corrected chi connectivity index (χ1v) is 14.8. The number of aliphatic carboxylic acids is 1. The van der Waals surface area contributed by atoms with Crippen molar-refractivity contribution in [2.75, 3.05) is 7.11 Å². The summed E-state index contributed by atoms with van der Waals surface area (Å²) in [5.41, 5.74) is 10.6. The van der Waals surface area contributed by atoms with Crippen LogP contribution in [0.25, 0.3) is 0 Å². The van der Waals surface area contributed by atoms with Gasteiger partial charge in [0.2, 0.25) is 0 Å². The third-order valence-electron chi connectivity index (χ3n) is 9.41. The zero-order valence-electron chi connectivity index (χ0n) is 25.7. The molecule has 8 bridgehead atoms. The van der Waals surface area contributed by atoms with Crippen LogP contribution in [-0.4, -0.2) is 52.8 Å². The molecule has 3 atom stereocenters. The standard InChI is InChI=1S/C35H34N4O5/c1-8-19-15(3)22-12-24-17(5)21(10-11-28(40)41)32(38-24)30-31(35(43)44-7)34(42)29-18(6)25(39-33(29)30)14-27-20(9-2)16(4)23(37-27)13-26(19)36-22/h8,12-14,17,21,31H,1,9-11H2,2-7H3,(H,40,41)/t17-,21-,31+/m0/s1. The van der Waals surface area contributed by atoms with E-state index in [0.717, 1.165) is 51.5 Å². The van der Waals surface area contributed by atoms with Crippen LogP contribution in [-0.2, 0) is 19.1 Å². The maximum atomic E-state index is 14.0. The molecule has 0 unspecified atom stereocenters. The highest BCUT2D eigenvalue weighted by molar-refractivity contribution is 6.42. The molecule has 224 valence electrons. The van der Waals surface area contributed by atoms with E-state index >= 15 is 0 Å². The number of esters is 1. The summed E-state index contributed by atoms with van der Waals surface area (Å²) in [4.78, 5) is 58.8. The van der Waals surface area contributed by atoms with Crippen LogP contribution in [0.1, 0.15) is 53.9 Å². The minimum Gasteiger partial charge on any atom is -0.481 e. The molecule has 1 N–H and O–H groups in total. The fourth-order valence-corrected chi connectivity index (χ4v) is 6.93. The fourth-order valence-electron chi connectivity index (χ4n) is 6.93. The second-order valence-electron chi connectivity index (χ2n) is 11.7. The highest BCUT2D eigenvalue weighted by Gasteiger charge is 2.51. The molecule has 1 saturated carbocycles. The van der Waals surface area contributed by atoms with E-state index in [4.69, 9.17) is 24.7 Å². The fraction of sp³-hybridized carbons (Fsp3) is 0.343. The molecule has 6 aliphatic rings. The number of ether oxygens (including phenoxy) is 1. The van der Waals surface area contributed by atoms with E-state index in [1.807, 2.05) is 45.9 Å². The van der Waals surface area contributed by atoms with E-state index in [0.29, 0.717) is 39.5 Å². The molecule has 1 fully saturated rings. The topological polar surface area (TPSA) is 130 Å². The van der Waals surface area contributed by atoms with Gasteiger partial charge in [0, 0.05) is 40.7 Å². The molecule has 0 amide bonds. The number of ketones is 1. The Morgan fingerprint density at radius 2 is 1.64 bits per heavy atom. The molecule has 1 aliphatic carbocycles. The number of allylic oxidation sites excluding steroid dienone is 11. The first-order valence-electron chi connectivity index (χ1n) is 14.8. The molecule has 9 nitrogen and oxygen atoms in total. The van der Waals surface area contributed by atoms with Gasteiger partial charge in [-0.3, -0.25) is 19.4 Å². The van der Waals surface area contributed by atoms with Crippen LogP contribution in [0.3, 0.4) is 0 Å². The molecular formula is C35H34N4O5. The lowest BCUT2D eigenvalue weighted by atomic mass is 9.83. The number of Topliss-reactive ketones (excluding diaryl/α,β-unsaturated/α-hetero) is 1. The van der Waals surface area contributed by atoms with Gasteiger partial charge in [-0.1, -0.05) is 26.5 Å². The Morgan fingerprint density at radius 3 is 2.30 bits per heavy atom. The average Bonchev–Trinajstić information content (AvgIpc) is 3.72. The van der Waals surface area contributed by atoms with Crippen molar-refractivity contribution >= 4 is 40.6 Å². The Labute approximate surface area is 256 Å². The quantitative estimate of drug-likeness (QED) is 0.311. The van der Waals surface area contributed by atoms with E-state index in [-0.39, 0.29) is 30.5 Å². The third kappa shape index (κ3) is 4.32. The highest BCUT2D eigenvalue weighted by atomic mass is 16.5. The zero-order valence-corrected chi connectivity index (χ0v) is 25.7. The van der Waals surface area contributed by atoms with E-state index < -0.39 is 17.9 Å². The van der Waals surface area contributed by atoms with Gasteiger partial charge in [0.25, 0.3) is 0 Å². The van der Waals surface area contributed by atoms with Crippen LogP contribution in [0.2, 0.25) is 0 Å². The number of fused-ring (bicyclic) bond motifs is 4. The van der Waals surface area contributed by atoms with E-state index in [9.17, 15) is 19.5 Å². The summed E-state index contributed by atoms with van der Waals surface area (Å²) in [6.45, 7) is 14.0. The molecule has 5 heterocycles. The molecule has 0 aromatic carbocycles. The molecule has 0 aromatic rings. The molecule has 6 rings (SSSR count). The number of aliphatic imine (C=N–C) groups is 4. The van der Waals surface area contributed by atoms with Crippen LogP contribution in [0.5, 0.6) is 0 Å². The van der Waals surface area contributed by atoms with E-state index in [2.05, 4.69) is 13.5 Å². The molecule has 0 aromatic heterocycles. The van der Waals surface area contributed by atoms with Crippen LogP contribution in [0.4, 0.5) is 0 Å². The maximum Gasteiger partial charge on any atom is 0.321 e. The predicted octanol–water partition coefficient (Wildman–Crippen LogP) is 5.76. The van der Waals surface area contributed by atoms with Crippen LogP contribution >= 0.6 is 0 Å². The van der Waals surface area contributed by atoms with Crippen molar-refractivity contribution in [3.05, 3.63) is 92.7 Å².